The van der Waals surface area contributed by atoms with Crippen molar-refractivity contribution in [1.29, 1.82) is 0 Å². The summed E-state index contributed by atoms with van der Waals surface area (Å²) in [6.45, 7) is 7.88. The van der Waals surface area contributed by atoms with Gasteiger partial charge in [0, 0.05) is 25.1 Å². The summed E-state index contributed by atoms with van der Waals surface area (Å²) in [7, 11) is 4.06. The molecule has 0 aliphatic rings. The Balaban J connectivity index is 2.22. The lowest BCUT2D eigenvalue weighted by atomic mass is 9.93. The number of nitrogens with one attached hydrogen (secondary N) is 1. The van der Waals surface area contributed by atoms with Crippen LogP contribution in [0.1, 0.15) is 44.0 Å². The average Bonchev–Trinajstić information content (AvgIpc) is 2.49. The molecule has 0 radical (unpaired) electrons. The van der Waals surface area contributed by atoms with Crippen molar-refractivity contribution in [2.75, 3.05) is 33.8 Å². The highest BCUT2D eigenvalue weighted by molar-refractivity contribution is 5.94. The first kappa shape index (κ1) is 20.2. The number of hydrogen-bond acceptors (Lipinski definition) is 4. The topological polar surface area (TPSA) is 58.6 Å². The van der Waals surface area contributed by atoms with Crippen molar-refractivity contribution in [3.05, 3.63) is 29.8 Å². The first-order valence-electron chi connectivity index (χ1n) is 8.35. The van der Waals surface area contributed by atoms with E-state index in [0.717, 1.165) is 6.54 Å². The number of ether oxygens (including phenoxy) is 1. The van der Waals surface area contributed by atoms with Crippen LogP contribution in [0.4, 0.5) is 0 Å². The Morgan fingerprint density at radius 2 is 1.79 bits per heavy atom. The zero-order valence-corrected chi connectivity index (χ0v) is 15.5. The molecule has 0 saturated carbocycles. The molecule has 1 N–H and O–H groups in total. The molecule has 1 amide bonds. The van der Waals surface area contributed by atoms with Gasteiger partial charge in [-0.1, -0.05) is 13.8 Å². The molecular formula is C19H30N2O3. The van der Waals surface area contributed by atoms with E-state index in [9.17, 15) is 9.59 Å². The van der Waals surface area contributed by atoms with Crippen LogP contribution in [0, 0.1) is 5.41 Å². The predicted molar refractivity (Wildman–Crippen MR) is 96.5 cm³/mol. The highest BCUT2D eigenvalue weighted by Gasteiger charge is 2.19. The third kappa shape index (κ3) is 8.11. The molecule has 0 aliphatic carbocycles. The summed E-state index contributed by atoms with van der Waals surface area (Å²) in [6.07, 6.45) is 1.11. The van der Waals surface area contributed by atoms with Crippen molar-refractivity contribution in [1.82, 2.24) is 10.2 Å². The molecule has 5 nitrogen and oxygen atoms in total. The maximum Gasteiger partial charge on any atom is 0.220 e. The summed E-state index contributed by atoms with van der Waals surface area (Å²) in [5, 5.41) is 2.99. The van der Waals surface area contributed by atoms with Crippen LogP contribution >= 0.6 is 0 Å². The molecule has 1 rings (SSSR count). The fraction of sp³-hybridized carbons (Fsp3) is 0.579. The van der Waals surface area contributed by atoms with Gasteiger partial charge in [-0.3, -0.25) is 9.59 Å². The number of ketones is 1. The Hall–Kier alpha value is -1.88. The number of rotatable bonds is 10. The van der Waals surface area contributed by atoms with Crippen LogP contribution in [0.5, 0.6) is 5.75 Å². The van der Waals surface area contributed by atoms with E-state index in [4.69, 9.17) is 4.74 Å². The van der Waals surface area contributed by atoms with E-state index in [-0.39, 0.29) is 17.1 Å². The van der Waals surface area contributed by atoms with Gasteiger partial charge < -0.3 is 15.0 Å². The molecular weight excluding hydrogens is 304 g/mol. The Labute approximate surface area is 145 Å². The van der Waals surface area contributed by atoms with Gasteiger partial charge in [0.05, 0.1) is 6.61 Å². The van der Waals surface area contributed by atoms with Crippen LogP contribution in [-0.4, -0.2) is 50.4 Å². The monoisotopic (exact) mass is 334 g/mol. The van der Waals surface area contributed by atoms with Crippen molar-refractivity contribution in [3.63, 3.8) is 0 Å². The number of benzene rings is 1. The van der Waals surface area contributed by atoms with Crippen LogP contribution in [-0.2, 0) is 4.79 Å². The van der Waals surface area contributed by atoms with Crippen LogP contribution in [0.25, 0.3) is 0 Å². The first-order chi connectivity index (χ1) is 11.2. The summed E-state index contributed by atoms with van der Waals surface area (Å²) < 4.78 is 5.59. The molecule has 0 atom stereocenters. The summed E-state index contributed by atoms with van der Waals surface area (Å²) in [5.41, 5.74) is 0.718. The van der Waals surface area contributed by atoms with E-state index in [1.54, 1.807) is 24.3 Å². The smallest absolute Gasteiger partial charge is 0.220 e. The summed E-state index contributed by atoms with van der Waals surface area (Å²) in [4.78, 5) is 25.2. The molecule has 0 aromatic heterocycles. The average molecular weight is 334 g/mol. The predicted octanol–water partition coefficient (Wildman–Crippen LogP) is 2.75. The molecule has 0 saturated heterocycles. The quantitative estimate of drug-likeness (QED) is 0.528. The molecule has 134 valence electrons. The number of amides is 1. The molecule has 1 aromatic rings. The van der Waals surface area contributed by atoms with Gasteiger partial charge in [0.15, 0.2) is 5.78 Å². The maximum atomic E-state index is 11.9. The lowest BCUT2D eigenvalue weighted by Crippen LogP contribution is -2.39. The van der Waals surface area contributed by atoms with Crippen LogP contribution < -0.4 is 10.1 Å². The highest BCUT2D eigenvalue weighted by atomic mass is 16.5. The molecule has 0 aliphatic heterocycles. The SMILES string of the molecule is CC(=O)c1ccc(OCCCC(=O)NCC(C)(C)CN(C)C)cc1. The number of nitrogens with zero attached hydrogens (tertiary/aromatic N) is 1. The summed E-state index contributed by atoms with van der Waals surface area (Å²) in [5.74, 6) is 0.806. The molecule has 1 aromatic carbocycles. The van der Waals surface area contributed by atoms with Gasteiger partial charge in [0.25, 0.3) is 0 Å². The van der Waals surface area contributed by atoms with E-state index in [1.165, 1.54) is 6.92 Å². The second-order valence-electron chi connectivity index (χ2n) is 7.21. The fourth-order valence-electron chi connectivity index (χ4n) is 2.55. The minimum absolute atomic E-state index is 0.0374. The molecule has 0 heterocycles. The van der Waals surface area contributed by atoms with Gasteiger partial charge in [-0.2, -0.15) is 0 Å². The van der Waals surface area contributed by atoms with Crippen molar-refractivity contribution >= 4 is 11.7 Å². The van der Waals surface area contributed by atoms with Crippen LogP contribution in [0.3, 0.4) is 0 Å². The largest absolute Gasteiger partial charge is 0.494 e. The van der Waals surface area contributed by atoms with E-state index in [2.05, 4.69) is 24.1 Å². The molecule has 24 heavy (non-hydrogen) atoms. The van der Waals surface area contributed by atoms with Crippen molar-refractivity contribution in [2.45, 2.75) is 33.6 Å². The number of hydrogen-bond donors (Lipinski definition) is 1. The lowest BCUT2D eigenvalue weighted by Gasteiger charge is -2.28. The van der Waals surface area contributed by atoms with Gasteiger partial charge in [0.1, 0.15) is 5.75 Å². The molecule has 0 fully saturated rings. The van der Waals surface area contributed by atoms with Gasteiger partial charge >= 0.3 is 0 Å². The third-order valence-electron chi connectivity index (χ3n) is 3.59. The second-order valence-corrected chi connectivity index (χ2v) is 7.21. The van der Waals surface area contributed by atoms with E-state index < -0.39 is 0 Å². The fourth-order valence-corrected chi connectivity index (χ4v) is 2.55. The normalized spacial score (nSPS) is 11.4. The van der Waals surface area contributed by atoms with Gasteiger partial charge in [0.2, 0.25) is 5.91 Å². The molecule has 5 heteroatoms. The third-order valence-corrected chi connectivity index (χ3v) is 3.59. The Morgan fingerprint density at radius 3 is 2.33 bits per heavy atom. The maximum absolute atomic E-state index is 11.9. The van der Waals surface area contributed by atoms with E-state index in [1.807, 2.05) is 14.1 Å². The van der Waals surface area contributed by atoms with Crippen LogP contribution in [0.2, 0.25) is 0 Å². The minimum Gasteiger partial charge on any atom is -0.494 e. The highest BCUT2D eigenvalue weighted by Crippen LogP contribution is 2.15. The molecule has 0 bridgehead atoms. The van der Waals surface area contributed by atoms with Crippen LogP contribution in [0.15, 0.2) is 24.3 Å². The number of Topliss-reactive ketones (excluding diaryl/α,β-unsaturated/α-hetero) is 1. The van der Waals surface area contributed by atoms with Gasteiger partial charge in [-0.05, 0) is 57.1 Å². The second kappa shape index (κ2) is 9.42. The van der Waals surface area contributed by atoms with Crippen molar-refractivity contribution < 1.29 is 14.3 Å². The zero-order chi connectivity index (χ0) is 18.2. The summed E-state index contributed by atoms with van der Waals surface area (Å²) in [6, 6.07) is 7.05. The van der Waals surface area contributed by atoms with Crippen molar-refractivity contribution in [2.24, 2.45) is 5.41 Å². The van der Waals surface area contributed by atoms with E-state index in [0.29, 0.717) is 37.3 Å². The van der Waals surface area contributed by atoms with E-state index >= 15 is 0 Å². The Bertz CT molecular complexity index is 536. The van der Waals surface area contributed by atoms with Crippen molar-refractivity contribution in [3.8, 4) is 5.75 Å². The first-order valence-corrected chi connectivity index (χ1v) is 8.35. The van der Waals surface area contributed by atoms with Gasteiger partial charge in [-0.25, -0.2) is 0 Å². The molecule has 0 unspecified atom stereocenters. The number of carbonyl (C=O) groups excluding carboxylic acids is 2. The minimum atomic E-state index is 0.0374. The molecule has 0 spiro atoms. The Morgan fingerprint density at radius 1 is 1.17 bits per heavy atom. The standard InChI is InChI=1S/C19H30N2O3/c1-15(22)16-8-10-17(11-9-16)24-12-6-7-18(23)20-13-19(2,3)14-21(4)5/h8-11H,6-7,12-14H2,1-5H3,(H,20,23). The lowest BCUT2D eigenvalue weighted by molar-refractivity contribution is -0.121. The Kier molecular flexibility index (Phi) is 7.92. The van der Waals surface area contributed by atoms with Gasteiger partial charge in [-0.15, -0.1) is 0 Å². The zero-order valence-electron chi connectivity index (χ0n) is 15.5. The summed E-state index contributed by atoms with van der Waals surface area (Å²) >= 11 is 0. The number of carbonyl (C=O) groups is 2.